The van der Waals surface area contributed by atoms with Crippen molar-refractivity contribution in [3.05, 3.63) is 48.3 Å². The molecule has 0 radical (unpaired) electrons. The summed E-state index contributed by atoms with van der Waals surface area (Å²) in [6.07, 6.45) is 6.35. The highest BCUT2D eigenvalue weighted by Crippen LogP contribution is 2.05. The van der Waals surface area contributed by atoms with Crippen molar-refractivity contribution in [1.82, 2.24) is 14.5 Å². The van der Waals surface area contributed by atoms with Crippen molar-refractivity contribution in [2.45, 2.75) is 26.3 Å². The third-order valence-corrected chi connectivity index (χ3v) is 2.64. The second-order valence-corrected chi connectivity index (χ2v) is 3.78. The number of imidazole rings is 1. The van der Waals surface area contributed by atoms with E-state index in [1.807, 2.05) is 35.9 Å². The lowest BCUT2D eigenvalue weighted by molar-refractivity contribution is 0.0968. The number of Topliss-reactive ketones (excluding diaryl/α,β-unsaturated/α-hetero) is 1. The van der Waals surface area contributed by atoms with Gasteiger partial charge in [-0.1, -0.05) is 6.07 Å². The molecule has 2 aromatic heterocycles. The molecule has 0 atom stereocenters. The van der Waals surface area contributed by atoms with E-state index in [1.165, 1.54) is 0 Å². The van der Waals surface area contributed by atoms with Gasteiger partial charge in [-0.05, 0) is 25.5 Å². The van der Waals surface area contributed by atoms with E-state index >= 15 is 0 Å². The fraction of sp³-hybridized carbons (Fsp3) is 0.308. The molecular weight excluding hydrogens is 214 g/mol. The minimum Gasteiger partial charge on any atom is -0.329 e. The third-order valence-electron chi connectivity index (χ3n) is 2.64. The van der Waals surface area contributed by atoms with Crippen molar-refractivity contribution in [3.8, 4) is 0 Å². The predicted octanol–water partition coefficient (Wildman–Crippen LogP) is 2.11. The van der Waals surface area contributed by atoms with Crippen LogP contribution in [0.4, 0.5) is 0 Å². The van der Waals surface area contributed by atoms with Gasteiger partial charge >= 0.3 is 0 Å². The first-order valence-electron chi connectivity index (χ1n) is 5.75. The van der Waals surface area contributed by atoms with E-state index in [9.17, 15) is 4.79 Å². The van der Waals surface area contributed by atoms with E-state index in [1.54, 1.807) is 12.4 Å². The van der Waals surface area contributed by atoms with Crippen LogP contribution >= 0.6 is 0 Å². The summed E-state index contributed by atoms with van der Waals surface area (Å²) in [6, 6.07) is 5.73. The first-order valence-corrected chi connectivity index (χ1v) is 5.75. The quantitative estimate of drug-likeness (QED) is 0.738. The summed E-state index contributed by atoms with van der Waals surface area (Å²) in [6.45, 7) is 2.77. The van der Waals surface area contributed by atoms with Crippen molar-refractivity contribution >= 4 is 5.78 Å². The largest absolute Gasteiger partial charge is 0.329 e. The standard InChI is InChI=1S/C13H15N3O/c1-2-16-10-9-15-13(16)12(17)7-6-11-5-3-4-8-14-11/h3-5,8-10H,2,6-7H2,1H3. The van der Waals surface area contributed by atoms with Crippen LogP contribution < -0.4 is 0 Å². The zero-order valence-electron chi connectivity index (χ0n) is 9.84. The summed E-state index contributed by atoms with van der Waals surface area (Å²) in [5.74, 6) is 0.617. The van der Waals surface area contributed by atoms with Gasteiger partial charge in [0.2, 0.25) is 0 Å². The molecule has 17 heavy (non-hydrogen) atoms. The number of carbonyl (C=O) groups excluding carboxylic acids is 1. The molecule has 0 bridgehead atoms. The van der Waals surface area contributed by atoms with Gasteiger partial charge in [0.15, 0.2) is 11.6 Å². The van der Waals surface area contributed by atoms with Gasteiger partial charge in [-0.3, -0.25) is 9.78 Å². The van der Waals surface area contributed by atoms with Crippen LogP contribution in [0.25, 0.3) is 0 Å². The molecule has 2 heterocycles. The molecule has 0 N–H and O–H groups in total. The molecule has 88 valence electrons. The van der Waals surface area contributed by atoms with Gasteiger partial charge in [-0.15, -0.1) is 0 Å². The first-order chi connectivity index (χ1) is 8.31. The number of hydrogen-bond donors (Lipinski definition) is 0. The lowest BCUT2D eigenvalue weighted by atomic mass is 10.1. The summed E-state index contributed by atoms with van der Waals surface area (Å²) >= 11 is 0. The van der Waals surface area contributed by atoms with Crippen LogP contribution in [-0.4, -0.2) is 20.3 Å². The summed E-state index contributed by atoms with van der Waals surface area (Å²) in [5, 5.41) is 0. The van der Waals surface area contributed by atoms with Crippen LogP contribution in [0, 0.1) is 0 Å². The molecule has 4 heteroatoms. The number of ketones is 1. The van der Waals surface area contributed by atoms with E-state index in [0.717, 1.165) is 12.2 Å². The Bertz CT molecular complexity index is 490. The van der Waals surface area contributed by atoms with Gasteiger partial charge in [-0.25, -0.2) is 4.98 Å². The number of rotatable bonds is 5. The minimum atomic E-state index is 0.0718. The normalized spacial score (nSPS) is 10.4. The van der Waals surface area contributed by atoms with Crippen LogP contribution in [0.15, 0.2) is 36.8 Å². The van der Waals surface area contributed by atoms with Gasteiger partial charge in [-0.2, -0.15) is 0 Å². The van der Waals surface area contributed by atoms with Gasteiger partial charge in [0.25, 0.3) is 0 Å². The lowest BCUT2D eigenvalue weighted by Gasteiger charge is -2.03. The monoisotopic (exact) mass is 229 g/mol. The summed E-state index contributed by atoms with van der Waals surface area (Å²) in [4.78, 5) is 20.2. The summed E-state index contributed by atoms with van der Waals surface area (Å²) in [7, 11) is 0. The number of nitrogens with zero attached hydrogens (tertiary/aromatic N) is 3. The number of hydrogen-bond acceptors (Lipinski definition) is 3. The second-order valence-electron chi connectivity index (χ2n) is 3.78. The Morgan fingerprint density at radius 3 is 2.88 bits per heavy atom. The topological polar surface area (TPSA) is 47.8 Å². The zero-order chi connectivity index (χ0) is 12.1. The lowest BCUT2D eigenvalue weighted by Crippen LogP contribution is -2.10. The SMILES string of the molecule is CCn1ccnc1C(=O)CCc1ccccn1. The van der Waals surface area contributed by atoms with Crippen LogP contribution in [0.5, 0.6) is 0 Å². The first kappa shape index (κ1) is 11.5. The molecule has 2 rings (SSSR count). The van der Waals surface area contributed by atoms with E-state index in [-0.39, 0.29) is 5.78 Å². The van der Waals surface area contributed by atoms with Gasteiger partial charge in [0.1, 0.15) is 0 Å². The fourth-order valence-electron chi connectivity index (χ4n) is 1.72. The highest BCUT2D eigenvalue weighted by molar-refractivity contribution is 5.92. The highest BCUT2D eigenvalue weighted by atomic mass is 16.1. The molecule has 2 aromatic rings. The van der Waals surface area contributed by atoms with E-state index in [2.05, 4.69) is 9.97 Å². The maximum absolute atomic E-state index is 11.9. The Balaban J connectivity index is 1.98. The summed E-state index contributed by atoms with van der Waals surface area (Å²) in [5.41, 5.74) is 0.940. The smallest absolute Gasteiger partial charge is 0.198 e. The minimum absolute atomic E-state index is 0.0718. The van der Waals surface area contributed by atoms with E-state index in [4.69, 9.17) is 0 Å². The molecule has 0 aliphatic carbocycles. The molecule has 0 aliphatic heterocycles. The fourth-order valence-corrected chi connectivity index (χ4v) is 1.72. The average molecular weight is 229 g/mol. The van der Waals surface area contributed by atoms with Crippen LogP contribution in [-0.2, 0) is 13.0 Å². The zero-order valence-corrected chi connectivity index (χ0v) is 9.84. The molecule has 0 saturated heterocycles. The maximum atomic E-state index is 11.9. The van der Waals surface area contributed by atoms with E-state index < -0.39 is 0 Å². The predicted molar refractivity (Wildman–Crippen MR) is 64.8 cm³/mol. The number of aryl methyl sites for hydroxylation is 2. The van der Waals surface area contributed by atoms with Crippen molar-refractivity contribution < 1.29 is 4.79 Å². The molecule has 0 fully saturated rings. The third kappa shape index (κ3) is 2.78. The Morgan fingerprint density at radius 1 is 1.29 bits per heavy atom. The Hall–Kier alpha value is -1.97. The molecule has 0 unspecified atom stereocenters. The van der Waals surface area contributed by atoms with Crippen LogP contribution in [0.2, 0.25) is 0 Å². The maximum Gasteiger partial charge on any atom is 0.198 e. The average Bonchev–Trinajstić information content (AvgIpc) is 2.85. The summed E-state index contributed by atoms with van der Waals surface area (Å²) < 4.78 is 1.86. The van der Waals surface area contributed by atoms with Gasteiger partial charge in [0.05, 0.1) is 0 Å². The number of aromatic nitrogens is 3. The van der Waals surface area contributed by atoms with Crippen molar-refractivity contribution in [3.63, 3.8) is 0 Å². The number of carbonyl (C=O) groups is 1. The Morgan fingerprint density at radius 2 is 2.18 bits per heavy atom. The van der Waals surface area contributed by atoms with Crippen molar-refractivity contribution in [2.75, 3.05) is 0 Å². The number of pyridine rings is 1. The van der Waals surface area contributed by atoms with Gasteiger partial charge in [0, 0.05) is 37.3 Å². The molecule has 0 saturated carbocycles. The molecule has 0 spiro atoms. The van der Waals surface area contributed by atoms with Crippen molar-refractivity contribution in [1.29, 1.82) is 0 Å². The molecule has 4 nitrogen and oxygen atoms in total. The Labute approximate surface area is 100 Å². The molecule has 0 aromatic carbocycles. The second kappa shape index (κ2) is 5.39. The Kier molecular flexibility index (Phi) is 3.65. The molecule has 0 aliphatic rings. The molecular formula is C13H15N3O. The van der Waals surface area contributed by atoms with Crippen LogP contribution in [0.3, 0.4) is 0 Å². The van der Waals surface area contributed by atoms with E-state index in [0.29, 0.717) is 18.7 Å². The molecule has 0 amide bonds. The van der Waals surface area contributed by atoms with Gasteiger partial charge < -0.3 is 4.57 Å². The van der Waals surface area contributed by atoms with Crippen LogP contribution in [0.1, 0.15) is 29.7 Å². The van der Waals surface area contributed by atoms with Crippen molar-refractivity contribution in [2.24, 2.45) is 0 Å². The highest BCUT2D eigenvalue weighted by Gasteiger charge is 2.11.